The molecule has 5 heteroatoms. The Balaban J connectivity index is 1.09. The average molecular weight is 479 g/mol. The Labute approximate surface area is 212 Å². The summed E-state index contributed by atoms with van der Waals surface area (Å²) in [7, 11) is 1.65. The van der Waals surface area contributed by atoms with E-state index in [1.54, 1.807) is 7.11 Å². The molecule has 0 heterocycles. The van der Waals surface area contributed by atoms with E-state index in [2.05, 4.69) is 41.0 Å². The molecule has 0 saturated heterocycles. The van der Waals surface area contributed by atoms with Gasteiger partial charge in [0.2, 0.25) is 5.91 Å². The summed E-state index contributed by atoms with van der Waals surface area (Å²) in [6.45, 7) is 1.23. The van der Waals surface area contributed by atoms with Gasteiger partial charge in [-0.15, -0.1) is 0 Å². The minimum Gasteiger partial charge on any atom is -0.497 e. The van der Waals surface area contributed by atoms with Gasteiger partial charge in [0, 0.05) is 24.7 Å². The SMILES string of the molecule is COc1ccc(CNC(=O)C2CC2c2ccc(NCc3cccc(Oc4ccccc4)c3)cc2)cc1. The summed E-state index contributed by atoms with van der Waals surface area (Å²) in [4.78, 5) is 12.6. The zero-order valence-electron chi connectivity index (χ0n) is 20.3. The molecule has 2 unspecified atom stereocenters. The molecule has 5 rings (SSSR count). The second kappa shape index (κ2) is 11.0. The number of carbonyl (C=O) groups is 1. The molecule has 1 amide bonds. The molecule has 5 nitrogen and oxygen atoms in total. The van der Waals surface area contributed by atoms with Gasteiger partial charge in [0.1, 0.15) is 17.2 Å². The lowest BCUT2D eigenvalue weighted by atomic mass is 10.1. The molecular weight excluding hydrogens is 448 g/mol. The van der Waals surface area contributed by atoms with E-state index in [4.69, 9.17) is 9.47 Å². The summed E-state index contributed by atoms with van der Waals surface area (Å²) in [5.74, 6) is 2.93. The van der Waals surface area contributed by atoms with E-state index in [-0.39, 0.29) is 11.8 Å². The van der Waals surface area contributed by atoms with Crippen LogP contribution >= 0.6 is 0 Å². The molecule has 1 saturated carbocycles. The largest absolute Gasteiger partial charge is 0.497 e. The highest BCUT2D eigenvalue weighted by Crippen LogP contribution is 2.47. The fourth-order valence-electron chi connectivity index (χ4n) is 4.31. The first kappa shape index (κ1) is 23.5. The van der Waals surface area contributed by atoms with E-state index in [1.165, 1.54) is 5.56 Å². The Morgan fingerprint density at radius 3 is 2.28 bits per heavy atom. The summed E-state index contributed by atoms with van der Waals surface area (Å²) >= 11 is 0. The molecule has 4 aromatic carbocycles. The zero-order valence-corrected chi connectivity index (χ0v) is 20.3. The van der Waals surface area contributed by atoms with Crippen LogP contribution < -0.4 is 20.1 Å². The van der Waals surface area contributed by atoms with E-state index >= 15 is 0 Å². The quantitative estimate of drug-likeness (QED) is 0.272. The Bertz CT molecular complexity index is 1290. The van der Waals surface area contributed by atoms with Crippen molar-refractivity contribution in [2.24, 2.45) is 5.92 Å². The van der Waals surface area contributed by atoms with Gasteiger partial charge in [0.05, 0.1) is 7.11 Å². The predicted molar refractivity (Wildman–Crippen MR) is 142 cm³/mol. The third kappa shape index (κ3) is 6.05. The Kier molecular flexibility index (Phi) is 7.17. The van der Waals surface area contributed by atoms with Crippen molar-refractivity contribution in [1.82, 2.24) is 5.32 Å². The fraction of sp³-hybridized carbons (Fsp3) is 0.194. The van der Waals surface area contributed by atoms with Crippen LogP contribution in [0.5, 0.6) is 17.2 Å². The number of hydrogen-bond acceptors (Lipinski definition) is 4. The van der Waals surface area contributed by atoms with Gasteiger partial charge >= 0.3 is 0 Å². The Morgan fingerprint density at radius 2 is 1.53 bits per heavy atom. The number of para-hydroxylation sites is 1. The number of hydrogen-bond donors (Lipinski definition) is 2. The number of nitrogens with one attached hydrogen (secondary N) is 2. The number of benzene rings is 4. The minimum atomic E-state index is 0.0504. The molecule has 4 aromatic rings. The first-order valence-corrected chi connectivity index (χ1v) is 12.2. The first-order chi connectivity index (χ1) is 17.7. The van der Waals surface area contributed by atoms with Crippen molar-refractivity contribution in [3.05, 3.63) is 120 Å². The van der Waals surface area contributed by atoms with Gasteiger partial charge in [-0.05, 0) is 77.6 Å². The average Bonchev–Trinajstić information content (AvgIpc) is 3.73. The monoisotopic (exact) mass is 478 g/mol. The van der Waals surface area contributed by atoms with Gasteiger partial charge < -0.3 is 20.1 Å². The van der Waals surface area contributed by atoms with E-state index < -0.39 is 0 Å². The summed E-state index contributed by atoms with van der Waals surface area (Å²) in [5, 5.41) is 6.54. The third-order valence-electron chi connectivity index (χ3n) is 6.47. The smallest absolute Gasteiger partial charge is 0.224 e. The van der Waals surface area contributed by atoms with Crippen molar-refractivity contribution in [2.45, 2.75) is 25.4 Å². The van der Waals surface area contributed by atoms with Gasteiger partial charge in [-0.3, -0.25) is 4.79 Å². The molecule has 1 aliphatic rings. The maximum atomic E-state index is 12.6. The number of ether oxygens (including phenoxy) is 2. The van der Waals surface area contributed by atoms with Crippen molar-refractivity contribution in [3.63, 3.8) is 0 Å². The molecule has 0 radical (unpaired) electrons. The number of rotatable bonds is 10. The van der Waals surface area contributed by atoms with E-state index in [0.29, 0.717) is 19.0 Å². The summed E-state index contributed by atoms with van der Waals surface area (Å²) in [6, 6.07) is 34.1. The second-order valence-corrected chi connectivity index (χ2v) is 9.05. The minimum absolute atomic E-state index is 0.0504. The Morgan fingerprint density at radius 1 is 0.778 bits per heavy atom. The topological polar surface area (TPSA) is 59.6 Å². The van der Waals surface area contributed by atoms with Crippen LogP contribution in [-0.4, -0.2) is 13.0 Å². The lowest BCUT2D eigenvalue weighted by Gasteiger charge is -2.10. The molecule has 0 bridgehead atoms. The lowest BCUT2D eigenvalue weighted by molar-refractivity contribution is -0.122. The van der Waals surface area contributed by atoms with Crippen LogP contribution in [0.3, 0.4) is 0 Å². The molecule has 0 aromatic heterocycles. The van der Waals surface area contributed by atoms with Crippen molar-refractivity contribution >= 4 is 11.6 Å². The van der Waals surface area contributed by atoms with Crippen LogP contribution in [-0.2, 0) is 17.9 Å². The normalized spacial score (nSPS) is 16.1. The van der Waals surface area contributed by atoms with Gasteiger partial charge in [-0.25, -0.2) is 0 Å². The van der Waals surface area contributed by atoms with Crippen LogP contribution in [0.2, 0.25) is 0 Å². The summed E-state index contributed by atoms with van der Waals surface area (Å²) in [6.07, 6.45) is 0.898. The van der Waals surface area contributed by atoms with Crippen LogP contribution in [0.25, 0.3) is 0 Å². The highest BCUT2D eigenvalue weighted by molar-refractivity contribution is 5.82. The maximum Gasteiger partial charge on any atom is 0.224 e. The molecule has 182 valence electrons. The van der Waals surface area contributed by atoms with Gasteiger partial charge in [-0.1, -0.05) is 54.6 Å². The van der Waals surface area contributed by atoms with Crippen LogP contribution in [0.1, 0.15) is 29.0 Å². The molecular formula is C31H30N2O3. The first-order valence-electron chi connectivity index (χ1n) is 12.2. The van der Waals surface area contributed by atoms with Crippen LogP contribution in [0.4, 0.5) is 5.69 Å². The highest BCUT2D eigenvalue weighted by atomic mass is 16.5. The predicted octanol–water partition coefficient (Wildman–Crippen LogP) is 6.52. The highest BCUT2D eigenvalue weighted by Gasteiger charge is 2.43. The maximum absolute atomic E-state index is 12.6. The molecule has 2 N–H and O–H groups in total. The van der Waals surface area contributed by atoms with Gasteiger partial charge in [0.25, 0.3) is 0 Å². The van der Waals surface area contributed by atoms with Crippen LogP contribution in [0.15, 0.2) is 103 Å². The number of amides is 1. The van der Waals surface area contributed by atoms with Crippen molar-refractivity contribution in [2.75, 3.05) is 12.4 Å². The molecule has 36 heavy (non-hydrogen) atoms. The number of carbonyl (C=O) groups excluding carboxylic acids is 1. The van der Waals surface area contributed by atoms with Crippen molar-refractivity contribution in [1.29, 1.82) is 0 Å². The fourth-order valence-corrected chi connectivity index (χ4v) is 4.31. The summed E-state index contributed by atoms with van der Waals surface area (Å²) < 4.78 is 11.1. The second-order valence-electron chi connectivity index (χ2n) is 9.05. The number of methoxy groups -OCH3 is 1. The zero-order chi connectivity index (χ0) is 24.7. The van der Waals surface area contributed by atoms with Crippen LogP contribution in [0, 0.1) is 5.92 Å². The van der Waals surface area contributed by atoms with Crippen molar-refractivity contribution in [3.8, 4) is 17.2 Å². The molecule has 1 fully saturated rings. The van der Waals surface area contributed by atoms with E-state index in [1.807, 2.05) is 72.8 Å². The standard InChI is InChI=1S/C31H30N2O3/c1-35-26-16-10-22(11-17-26)20-33-31(34)30-19-29(30)24-12-14-25(15-13-24)32-21-23-6-5-9-28(18-23)36-27-7-3-2-4-8-27/h2-18,29-30,32H,19-21H2,1H3,(H,33,34). The third-order valence-corrected chi connectivity index (χ3v) is 6.47. The van der Waals surface area contributed by atoms with E-state index in [0.717, 1.165) is 40.5 Å². The van der Waals surface area contributed by atoms with Crippen molar-refractivity contribution < 1.29 is 14.3 Å². The molecule has 0 aliphatic heterocycles. The molecule has 0 spiro atoms. The Hall–Kier alpha value is -4.25. The molecule has 2 atom stereocenters. The van der Waals surface area contributed by atoms with E-state index in [9.17, 15) is 4.79 Å². The lowest BCUT2D eigenvalue weighted by Crippen LogP contribution is -2.24. The number of anilines is 1. The molecule has 1 aliphatic carbocycles. The van der Waals surface area contributed by atoms with Gasteiger partial charge in [0.15, 0.2) is 0 Å². The summed E-state index contributed by atoms with van der Waals surface area (Å²) in [5.41, 5.74) is 4.47. The van der Waals surface area contributed by atoms with Gasteiger partial charge in [-0.2, -0.15) is 0 Å².